The lowest BCUT2D eigenvalue weighted by atomic mass is 10.1. The lowest BCUT2D eigenvalue weighted by Crippen LogP contribution is -2.43. The molecule has 2 rings (SSSR count). The van der Waals surface area contributed by atoms with E-state index in [-0.39, 0.29) is 30.4 Å². The highest BCUT2D eigenvalue weighted by Crippen LogP contribution is 2.21. The third-order valence-corrected chi connectivity index (χ3v) is 3.50. The van der Waals surface area contributed by atoms with E-state index in [0.29, 0.717) is 5.75 Å². The predicted octanol–water partition coefficient (Wildman–Crippen LogP) is 1.98. The number of hydrogen-bond donors (Lipinski definition) is 1. The van der Waals surface area contributed by atoms with Gasteiger partial charge in [0, 0.05) is 32.7 Å². The minimum absolute atomic E-state index is 0. The standard InChI is InChI=1S/C14H20N2O3.2ClH/c1-15-5-7-16(8-6-15)10-11-3-4-13(19-2)12(9-11)14(17)18;;/h3-4,9H,5-8,10H2,1-2H3,(H,17,18);2*1H. The number of carbonyl (C=O) groups is 1. The van der Waals surface area contributed by atoms with Gasteiger partial charge in [-0.3, -0.25) is 4.90 Å². The van der Waals surface area contributed by atoms with Crippen molar-refractivity contribution >= 4 is 30.8 Å². The number of nitrogens with zero attached hydrogens (tertiary/aromatic N) is 2. The van der Waals surface area contributed by atoms with Gasteiger partial charge in [0.15, 0.2) is 0 Å². The summed E-state index contributed by atoms with van der Waals surface area (Å²) < 4.78 is 5.06. The van der Waals surface area contributed by atoms with Gasteiger partial charge in [-0.2, -0.15) is 0 Å². The number of likely N-dealkylation sites (N-methyl/N-ethyl adjacent to an activating group) is 1. The van der Waals surface area contributed by atoms with Gasteiger partial charge in [-0.15, -0.1) is 24.8 Å². The zero-order valence-corrected chi connectivity index (χ0v) is 13.9. The largest absolute Gasteiger partial charge is 0.496 e. The van der Waals surface area contributed by atoms with Gasteiger partial charge in [0.2, 0.25) is 0 Å². The van der Waals surface area contributed by atoms with E-state index in [1.807, 2.05) is 6.07 Å². The van der Waals surface area contributed by atoms with Crippen LogP contribution in [0.1, 0.15) is 15.9 Å². The number of carboxylic acid groups (broad SMARTS) is 1. The third-order valence-electron chi connectivity index (χ3n) is 3.50. The molecule has 1 N–H and O–H groups in total. The molecular weight excluding hydrogens is 315 g/mol. The van der Waals surface area contributed by atoms with Crippen LogP contribution in [0.15, 0.2) is 18.2 Å². The van der Waals surface area contributed by atoms with Crippen molar-refractivity contribution in [2.24, 2.45) is 0 Å². The van der Waals surface area contributed by atoms with Crippen molar-refractivity contribution < 1.29 is 14.6 Å². The first-order chi connectivity index (χ1) is 9.10. The number of benzene rings is 1. The summed E-state index contributed by atoms with van der Waals surface area (Å²) in [5.41, 5.74) is 1.25. The molecule has 0 unspecified atom stereocenters. The molecule has 1 fully saturated rings. The van der Waals surface area contributed by atoms with E-state index in [1.54, 1.807) is 12.1 Å². The molecule has 0 saturated carbocycles. The van der Waals surface area contributed by atoms with Crippen LogP contribution in [0.2, 0.25) is 0 Å². The maximum atomic E-state index is 11.2. The normalized spacial score (nSPS) is 15.7. The van der Waals surface area contributed by atoms with Crippen molar-refractivity contribution in [2.45, 2.75) is 6.54 Å². The lowest BCUT2D eigenvalue weighted by molar-refractivity contribution is 0.0693. The van der Waals surface area contributed by atoms with Gasteiger partial charge in [-0.25, -0.2) is 4.79 Å². The monoisotopic (exact) mass is 336 g/mol. The molecule has 0 radical (unpaired) electrons. The van der Waals surface area contributed by atoms with E-state index in [2.05, 4.69) is 16.8 Å². The Morgan fingerprint density at radius 3 is 2.38 bits per heavy atom. The molecule has 0 aliphatic carbocycles. The zero-order valence-electron chi connectivity index (χ0n) is 12.2. The van der Waals surface area contributed by atoms with E-state index in [1.165, 1.54) is 7.11 Å². The smallest absolute Gasteiger partial charge is 0.339 e. The van der Waals surface area contributed by atoms with Gasteiger partial charge in [0.25, 0.3) is 0 Å². The minimum Gasteiger partial charge on any atom is -0.496 e. The second kappa shape index (κ2) is 9.10. The van der Waals surface area contributed by atoms with E-state index in [9.17, 15) is 4.79 Å². The minimum atomic E-state index is -0.947. The Bertz CT molecular complexity index is 464. The van der Waals surface area contributed by atoms with Crippen molar-refractivity contribution in [3.05, 3.63) is 29.3 Å². The molecule has 5 nitrogen and oxygen atoms in total. The van der Waals surface area contributed by atoms with Crippen LogP contribution in [0.25, 0.3) is 0 Å². The molecule has 1 heterocycles. The Balaban J connectivity index is 0.00000200. The van der Waals surface area contributed by atoms with E-state index in [0.717, 1.165) is 38.3 Å². The molecule has 1 saturated heterocycles. The molecule has 7 heteroatoms. The van der Waals surface area contributed by atoms with Crippen molar-refractivity contribution in [3.63, 3.8) is 0 Å². The average molecular weight is 337 g/mol. The highest BCUT2D eigenvalue weighted by atomic mass is 35.5. The molecule has 1 aliphatic heterocycles. The number of ether oxygens (including phenoxy) is 1. The Kier molecular flexibility index (Phi) is 8.66. The fourth-order valence-corrected chi connectivity index (χ4v) is 2.28. The SMILES string of the molecule is COc1ccc(CN2CCN(C)CC2)cc1C(=O)O.Cl.Cl. The first-order valence-corrected chi connectivity index (χ1v) is 6.41. The number of hydrogen-bond acceptors (Lipinski definition) is 4. The Morgan fingerprint density at radius 2 is 1.86 bits per heavy atom. The number of halogens is 2. The molecule has 0 spiro atoms. The summed E-state index contributed by atoms with van der Waals surface area (Å²) in [5.74, 6) is -0.535. The van der Waals surface area contributed by atoms with E-state index < -0.39 is 5.97 Å². The molecule has 0 atom stereocenters. The van der Waals surface area contributed by atoms with Crippen molar-refractivity contribution in [1.82, 2.24) is 9.80 Å². The Labute approximate surface area is 137 Å². The quantitative estimate of drug-likeness (QED) is 0.911. The summed E-state index contributed by atoms with van der Waals surface area (Å²) in [6.45, 7) is 4.94. The first kappa shape index (κ1) is 20.0. The van der Waals surface area contributed by atoms with Crippen molar-refractivity contribution in [3.8, 4) is 5.75 Å². The average Bonchev–Trinajstić information content (AvgIpc) is 2.41. The summed E-state index contributed by atoms with van der Waals surface area (Å²) in [6, 6.07) is 5.37. The van der Waals surface area contributed by atoms with Crippen molar-refractivity contribution in [2.75, 3.05) is 40.3 Å². The zero-order chi connectivity index (χ0) is 13.8. The maximum Gasteiger partial charge on any atom is 0.339 e. The van der Waals surface area contributed by atoms with E-state index in [4.69, 9.17) is 9.84 Å². The summed E-state index contributed by atoms with van der Waals surface area (Å²) in [7, 11) is 3.61. The third kappa shape index (κ3) is 5.36. The second-order valence-corrected chi connectivity index (χ2v) is 4.92. The summed E-state index contributed by atoms with van der Waals surface area (Å²) in [6.07, 6.45) is 0. The maximum absolute atomic E-state index is 11.2. The number of aromatic carboxylic acids is 1. The van der Waals surface area contributed by atoms with Crippen LogP contribution in [0.4, 0.5) is 0 Å². The number of rotatable bonds is 4. The molecular formula is C14H22Cl2N2O3. The molecule has 0 bridgehead atoms. The highest BCUT2D eigenvalue weighted by Gasteiger charge is 2.16. The molecule has 21 heavy (non-hydrogen) atoms. The van der Waals surface area contributed by atoms with Gasteiger partial charge in [0.05, 0.1) is 7.11 Å². The Hall–Kier alpha value is -1.01. The number of carboxylic acids is 1. The molecule has 1 aliphatic rings. The highest BCUT2D eigenvalue weighted by molar-refractivity contribution is 5.91. The second-order valence-electron chi connectivity index (χ2n) is 4.92. The van der Waals surface area contributed by atoms with Crippen LogP contribution >= 0.6 is 24.8 Å². The molecule has 0 aromatic heterocycles. The molecule has 0 amide bonds. The number of piperazine rings is 1. The lowest BCUT2D eigenvalue weighted by Gasteiger charge is -2.32. The van der Waals surface area contributed by atoms with Gasteiger partial charge < -0.3 is 14.7 Å². The van der Waals surface area contributed by atoms with E-state index >= 15 is 0 Å². The fourth-order valence-electron chi connectivity index (χ4n) is 2.28. The summed E-state index contributed by atoms with van der Waals surface area (Å²) in [4.78, 5) is 15.8. The molecule has 120 valence electrons. The van der Waals surface area contributed by atoms with Crippen LogP contribution in [-0.4, -0.2) is 61.2 Å². The van der Waals surface area contributed by atoms with Gasteiger partial charge in [0.1, 0.15) is 11.3 Å². The first-order valence-electron chi connectivity index (χ1n) is 6.41. The van der Waals surface area contributed by atoms with Gasteiger partial charge >= 0.3 is 5.97 Å². The van der Waals surface area contributed by atoms with Gasteiger partial charge in [-0.05, 0) is 24.7 Å². The predicted molar refractivity (Wildman–Crippen MR) is 87.2 cm³/mol. The number of methoxy groups -OCH3 is 1. The topological polar surface area (TPSA) is 53.0 Å². The van der Waals surface area contributed by atoms with Crippen LogP contribution < -0.4 is 4.74 Å². The summed E-state index contributed by atoms with van der Waals surface area (Å²) >= 11 is 0. The Morgan fingerprint density at radius 1 is 1.24 bits per heavy atom. The van der Waals surface area contributed by atoms with Crippen LogP contribution in [0.3, 0.4) is 0 Å². The van der Waals surface area contributed by atoms with Crippen LogP contribution in [0, 0.1) is 0 Å². The molecule has 1 aromatic rings. The van der Waals surface area contributed by atoms with Crippen LogP contribution in [-0.2, 0) is 6.54 Å². The van der Waals surface area contributed by atoms with Gasteiger partial charge in [-0.1, -0.05) is 6.07 Å². The fraction of sp³-hybridized carbons (Fsp3) is 0.500. The summed E-state index contributed by atoms with van der Waals surface area (Å²) in [5, 5.41) is 9.16. The van der Waals surface area contributed by atoms with Crippen LogP contribution in [0.5, 0.6) is 5.75 Å². The molecule has 1 aromatic carbocycles. The van der Waals surface area contributed by atoms with Crippen molar-refractivity contribution in [1.29, 1.82) is 0 Å².